The Morgan fingerprint density at radius 2 is 2.06 bits per heavy atom. The Bertz CT molecular complexity index is 405. The summed E-state index contributed by atoms with van der Waals surface area (Å²) in [5.74, 6) is 0.455. The molecule has 0 aliphatic heterocycles. The van der Waals surface area contributed by atoms with E-state index in [2.05, 4.69) is 36.4 Å². The van der Waals surface area contributed by atoms with Gasteiger partial charge in [0, 0.05) is 17.8 Å². The van der Waals surface area contributed by atoms with Crippen molar-refractivity contribution in [3.63, 3.8) is 0 Å². The molecule has 0 amide bonds. The fourth-order valence-electron chi connectivity index (χ4n) is 1.52. The number of rotatable bonds is 4. The first kappa shape index (κ1) is 14.5. The van der Waals surface area contributed by atoms with Crippen LogP contribution in [0.3, 0.4) is 0 Å². The number of benzene rings is 1. The Hall–Kier alpha value is -1.55. The van der Waals surface area contributed by atoms with Gasteiger partial charge in [-0.05, 0) is 45.4 Å². The number of aliphatic imine (C=N–C) groups is 1. The largest absolute Gasteiger partial charge is 0.370 e. The van der Waals surface area contributed by atoms with Gasteiger partial charge in [-0.1, -0.05) is 12.1 Å². The van der Waals surface area contributed by atoms with Crippen molar-refractivity contribution in [1.82, 2.24) is 5.32 Å². The molecule has 0 bridgehead atoms. The predicted octanol–water partition coefficient (Wildman–Crippen LogP) is 2.11. The van der Waals surface area contributed by atoms with Crippen LogP contribution in [-0.4, -0.2) is 24.6 Å². The van der Waals surface area contributed by atoms with Crippen LogP contribution in [0.25, 0.3) is 0 Å². The molecule has 0 saturated heterocycles. The number of guanidine groups is 1. The zero-order valence-electron chi connectivity index (χ0n) is 11.7. The molecule has 0 radical (unpaired) electrons. The van der Waals surface area contributed by atoms with Crippen molar-refractivity contribution < 1.29 is 0 Å². The molecular formula is C14H24N4. The van der Waals surface area contributed by atoms with Crippen LogP contribution in [0.2, 0.25) is 0 Å². The first-order valence-corrected chi connectivity index (χ1v) is 6.25. The van der Waals surface area contributed by atoms with E-state index in [1.165, 1.54) is 5.56 Å². The molecule has 0 aliphatic rings. The van der Waals surface area contributed by atoms with Gasteiger partial charge in [0.15, 0.2) is 5.96 Å². The van der Waals surface area contributed by atoms with Crippen molar-refractivity contribution in [3.05, 3.63) is 29.8 Å². The average molecular weight is 248 g/mol. The maximum atomic E-state index is 5.82. The van der Waals surface area contributed by atoms with Crippen LogP contribution in [0.5, 0.6) is 0 Å². The molecule has 18 heavy (non-hydrogen) atoms. The fourth-order valence-corrected chi connectivity index (χ4v) is 1.52. The van der Waals surface area contributed by atoms with Gasteiger partial charge in [-0.3, -0.25) is 4.99 Å². The standard InChI is InChI=1S/C14H24N4/c1-11-6-5-7-12(10-11)18-13(15)16-8-9-17-14(2,3)4/h5-7,10,17H,8-9H2,1-4H3,(H3,15,16,18). The van der Waals surface area contributed by atoms with Gasteiger partial charge in [0.2, 0.25) is 0 Å². The summed E-state index contributed by atoms with van der Waals surface area (Å²) in [5.41, 5.74) is 8.10. The lowest BCUT2D eigenvalue weighted by Gasteiger charge is -2.19. The fraction of sp³-hybridized carbons (Fsp3) is 0.500. The van der Waals surface area contributed by atoms with Crippen molar-refractivity contribution >= 4 is 11.6 Å². The summed E-state index contributed by atoms with van der Waals surface area (Å²) in [5, 5.41) is 6.44. The lowest BCUT2D eigenvalue weighted by molar-refractivity contribution is 0.433. The van der Waals surface area contributed by atoms with Crippen LogP contribution >= 0.6 is 0 Å². The van der Waals surface area contributed by atoms with E-state index >= 15 is 0 Å². The molecule has 1 rings (SSSR count). The monoisotopic (exact) mass is 248 g/mol. The van der Waals surface area contributed by atoms with Gasteiger partial charge in [-0.25, -0.2) is 0 Å². The summed E-state index contributed by atoms with van der Waals surface area (Å²) < 4.78 is 0. The molecule has 4 heteroatoms. The summed E-state index contributed by atoms with van der Waals surface area (Å²) >= 11 is 0. The highest BCUT2D eigenvalue weighted by Crippen LogP contribution is 2.08. The zero-order chi connectivity index (χ0) is 13.6. The molecule has 0 unspecified atom stereocenters. The van der Waals surface area contributed by atoms with Crippen LogP contribution < -0.4 is 16.4 Å². The van der Waals surface area contributed by atoms with Gasteiger partial charge < -0.3 is 16.4 Å². The first-order chi connectivity index (χ1) is 8.37. The highest BCUT2D eigenvalue weighted by Gasteiger charge is 2.06. The molecule has 1 aromatic rings. The van der Waals surface area contributed by atoms with Gasteiger partial charge in [0.1, 0.15) is 0 Å². The number of anilines is 1. The minimum Gasteiger partial charge on any atom is -0.370 e. The van der Waals surface area contributed by atoms with E-state index in [0.717, 1.165) is 12.2 Å². The third kappa shape index (κ3) is 6.25. The van der Waals surface area contributed by atoms with E-state index in [0.29, 0.717) is 12.5 Å². The molecule has 0 heterocycles. The van der Waals surface area contributed by atoms with E-state index in [1.807, 2.05) is 31.2 Å². The van der Waals surface area contributed by atoms with Gasteiger partial charge in [-0.15, -0.1) is 0 Å². The van der Waals surface area contributed by atoms with Crippen LogP contribution in [-0.2, 0) is 0 Å². The SMILES string of the molecule is Cc1cccc(NC(N)=NCCNC(C)(C)C)c1. The maximum absolute atomic E-state index is 5.82. The molecule has 0 atom stereocenters. The third-order valence-corrected chi connectivity index (χ3v) is 2.34. The summed E-state index contributed by atoms with van der Waals surface area (Å²) in [6, 6.07) is 8.05. The predicted molar refractivity (Wildman–Crippen MR) is 79.0 cm³/mol. The van der Waals surface area contributed by atoms with E-state index in [9.17, 15) is 0 Å². The summed E-state index contributed by atoms with van der Waals surface area (Å²) in [4.78, 5) is 4.27. The Balaban J connectivity index is 2.38. The lowest BCUT2D eigenvalue weighted by Crippen LogP contribution is -2.37. The highest BCUT2D eigenvalue weighted by molar-refractivity contribution is 5.92. The Labute approximate surface area is 110 Å². The number of nitrogens with two attached hydrogens (primary N) is 1. The van der Waals surface area contributed by atoms with Crippen molar-refractivity contribution in [2.45, 2.75) is 33.2 Å². The Kier molecular flexibility index (Phi) is 5.16. The second-order valence-corrected chi connectivity index (χ2v) is 5.44. The zero-order valence-corrected chi connectivity index (χ0v) is 11.7. The summed E-state index contributed by atoms with van der Waals surface area (Å²) in [6.45, 7) is 9.93. The number of nitrogens with zero attached hydrogens (tertiary/aromatic N) is 1. The van der Waals surface area contributed by atoms with E-state index in [1.54, 1.807) is 0 Å². The van der Waals surface area contributed by atoms with Crippen molar-refractivity contribution in [2.24, 2.45) is 10.7 Å². The number of aryl methyl sites for hydroxylation is 1. The average Bonchev–Trinajstić information content (AvgIpc) is 2.23. The summed E-state index contributed by atoms with van der Waals surface area (Å²) in [6.07, 6.45) is 0. The molecule has 0 saturated carbocycles. The number of nitrogens with one attached hydrogen (secondary N) is 2. The third-order valence-electron chi connectivity index (χ3n) is 2.34. The Morgan fingerprint density at radius 1 is 1.33 bits per heavy atom. The summed E-state index contributed by atoms with van der Waals surface area (Å²) in [7, 11) is 0. The van der Waals surface area contributed by atoms with Gasteiger partial charge in [0.25, 0.3) is 0 Å². The number of hydrogen-bond acceptors (Lipinski definition) is 2. The molecular weight excluding hydrogens is 224 g/mol. The van der Waals surface area contributed by atoms with Crippen LogP contribution in [0.1, 0.15) is 26.3 Å². The van der Waals surface area contributed by atoms with E-state index < -0.39 is 0 Å². The van der Waals surface area contributed by atoms with Crippen LogP contribution in [0.15, 0.2) is 29.3 Å². The van der Waals surface area contributed by atoms with Crippen molar-refractivity contribution in [3.8, 4) is 0 Å². The number of hydrogen-bond donors (Lipinski definition) is 3. The van der Waals surface area contributed by atoms with Crippen LogP contribution in [0.4, 0.5) is 5.69 Å². The van der Waals surface area contributed by atoms with E-state index in [-0.39, 0.29) is 5.54 Å². The second-order valence-electron chi connectivity index (χ2n) is 5.44. The van der Waals surface area contributed by atoms with Crippen molar-refractivity contribution in [1.29, 1.82) is 0 Å². The smallest absolute Gasteiger partial charge is 0.193 e. The minimum absolute atomic E-state index is 0.119. The van der Waals surface area contributed by atoms with E-state index in [4.69, 9.17) is 5.73 Å². The van der Waals surface area contributed by atoms with Gasteiger partial charge in [-0.2, -0.15) is 0 Å². The highest BCUT2D eigenvalue weighted by atomic mass is 15.1. The van der Waals surface area contributed by atoms with Crippen molar-refractivity contribution in [2.75, 3.05) is 18.4 Å². The minimum atomic E-state index is 0.119. The molecule has 4 N–H and O–H groups in total. The molecule has 100 valence electrons. The normalized spacial score (nSPS) is 12.6. The molecule has 0 fully saturated rings. The molecule has 0 aromatic heterocycles. The molecule has 1 aromatic carbocycles. The lowest BCUT2D eigenvalue weighted by atomic mass is 10.1. The second kappa shape index (κ2) is 6.40. The molecule has 0 aliphatic carbocycles. The first-order valence-electron chi connectivity index (χ1n) is 6.25. The molecule has 0 spiro atoms. The Morgan fingerprint density at radius 3 is 2.67 bits per heavy atom. The maximum Gasteiger partial charge on any atom is 0.193 e. The molecule has 4 nitrogen and oxygen atoms in total. The quantitative estimate of drug-likeness (QED) is 0.434. The van der Waals surface area contributed by atoms with Gasteiger partial charge in [0.05, 0.1) is 6.54 Å². The van der Waals surface area contributed by atoms with Gasteiger partial charge >= 0.3 is 0 Å². The topological polar surface area (TPSA) is 62.4 Å². The van der Waals surface area contributed by atoms with Crippen LogP contribution in [0, 0.1) is 6.92 Å².